The minimum absolute atomic E-state index is 0.0248. The van der Waals surface area contributed by atoms with Crippen molar-refractivity contribution >= 4 is 23.8 Å². The number of hydrogen-bond acceptors (Lipinski definition) is 10. The molecule has 12 nitrogen and oxygen atoms in total. The lowest BCUT2D eigenvalue weighted by Gasteiger charge is -2.43. The normalized spacial score (nSPS) is 32.5. The maximum atomic E-state index is 13.2. The Kier molecular flexibility index (Phi) is 10.9. The van der Waals surface area contributed by atoms with Gasteiger partial charge in [-0.05, 0) is 53.9 Å². The van der Waals surface area contributed by atoms with Gasteiger partial charge in [0.25, 0.3) is 0 Å². The number of ether oxygens (including phenoxy) is 5. The fourth-order valence-electron chi connectivity index (χ4n) is 6.49. The molecular formula is C31H49N3O9. The van der Waals surface area contributed by atoms with Gasteiger partial charge in [0, 0.05) is 52.7 Å². The first-order chi connectivity index (χ1) is 20.4. The van der Waals surface area contributed by atoms with Crippen LogP contribution in [-0.2, 0) is 38.1 Å². The van der Waals surface area contributed by atoms with Crippen molar-refractivity contribution in [3.05, 3.63) is 11.6 Å². The second-order valence-corrected chi connectivity index (χ2v) is 12.8. The van der Waals surface area contributed by atoms with E-state index in [1.807, 2.05) is 0 Å². The number of allylic oxidation sites excluding steroid dienone is 1. The molecule has 12 heteroatoms. The van der Waals surface area contributed by atoms with Crippen LogP contribution >= 0.6 is 0 Å². The van der Waals surface area contributed by atoms with Crippen molar-refractivity contribution in [3.8, 4) is 0 Å². The molecule has 1 N–H and O–H groups in total. The Morgan fingerprint density at radius 3 is 2.40 bits per heavy atom. The van der Waals surface area contributed by atoms with Crippen molar-refractivity contribution in [1.29, 1.82) is 0 Å². The van der Waals surface area contributed by atoms with Gasteiger partial charge >= 0.3 is 12.1 Å². The van der Waals surface area contributed by atoms with Crippen LogP contribution in [-0.4, -0.2) is 122 Å². The molecule has 4 fully saturated rings. The van der Waals surface area contributed by atoms with Crippen LogP contribution in [0.25, 0.3) is 0 Å². The molecule has 7 atom stereocenters. The first-order valence-electron chi connectivity index (χ1n) is 15.5. The molecule has 43 heavy (non-hydrogen) atoms. The summed E-state index contributed by atoms with van der Waals surface area (Å²) in [5.41, 5.74) is 0.599. The van der Waals surface area contributed by atoms with Gasteiger partial charge in [0.05, 0.1) is 18.6 Å². The summed E-state index contributed by atoms with van der Waals surface area (Å²) in [6, 6.07) is -0.792. The predicted octanol–water partition coefficient (Wildman–Crippen LogP) is 2.23. The molecule has 4 aliphatic rings. The molecule has 3 aliphatic heterocycles. The molecule has 1 saturated carbocycles. The van der Waals surface area contributed by atoms with Crippen molar-refractivity contribution in [2.75, 3.05) is 53.0 Å². The molecule has 242 valence electrons. The highest BCUT2D eigenvalue weighted by molar-refractivity contribution is 5.87. The standard InChI is InChI=1S/C31H49N3O9/c1-20(2)7-9-24-30(5,43-24)27-26(39-6)23(11-12-31(27)19-41-31)42-29(38)34-15-13-33(14-16-34)17-18-40-28(37)22(4)32-25(36)10-8-21(3)35/h7,22-24,26-27H,8-19H2,1-6H3,(H,32,36)/t22-,23+,24+,26+,27+,30?,31-/m0/s1. The van der Waals surface area contributed by atoms with Gasteiger partial charge < -0.3 is 38.7 Å². The summed E-state index contributed by atoms with van der Waals surface area (Å²) in [5, 5.41) is 2.55. The van der Waals surface area contributed by atoms with E-state index in [1.54, 1.807) is 18.9 Å². The van der Waals surface area contributed by atoms with E-state index in [4.69, 9.17) is 23.7 Å². The zero-order chi connectivity index (χ0) is 31.4. The summed E-state index contributed by atoms with van der Waals surface area (Å²) in [4.78, 5) is 52.1. The zero-order valence-electron chi connectivity index (χ0n) is 26.5. The predicted molar refractivity (Wildman–Crippen MR) is 156 cm³/mol. The van der Waals surface area contributed by atoms with Gasteiger partial charge in [-0.25, -0.2) is 9.59 Å². The number of carbonyl (C=O) groups excluding carboxylic acids is 4. The maximum absolute atomic E-state index is 13.2. The first kappa shape index (κ1) is 33.4. The molecule has 3 heterocycles. The second-order valence-electron chi connectivity index (χ2n) is 12.8. The summed E-state index contributed by atoms with van der Waals surface area (Å²) >= 11 is 0. The smallest absolute Gasteiger partial charge is 0.410 e. The number of Topliss-reactive ketones (excluding diaryl/α,β-unsaturated/α-hetero) is 1. The summed E-state index contributed by atoms with van der Waals surface area (Å²) < 4.78 is 29.7. The molecule has 1 aliphatic carbocycles. The van der Waals surface area contributed by atoms with Crippen LogP contribution < -0.4 is 5.32 Å². The Bertz CT molecular complexity index is 1060. The molecule has 1 unspecified atom stereocenters. The number of rotatable bonds is 13. The highest BCUT2D eigenvalue weighted by Gasteiger charge is 2.72. The lowest BCUT2D eigenvalue weighted by atomic mass is 9.68. The van der Waals surface area contributed by atoms with E-state index in [1.165, 1.54) is 12.5 Å². The number of epoxide rings is 2. The summed E-state index contributed by atoms with van der Waals surface area (Å²) in [6.07, 6.45) is 3.75. The third-order valence-electron chi connectivity index (χ3n) is 9.21. The highest BCUT2D eigenvalue weighted by atomic mass is 16.6. The lowest BCUT2D eigenvalue weighted by molar-refractivity contribution is -0.147. The van der Waals surface area contributed by atoms with E-state index in [2.05, 4.69) is 37.1 Å². The first-order valence-corrected chi connectivity index (χ1v) is 15.5. The summed E-state index contributed by atoms with van der Waals surface area (Å²) in [5.74, 6) is -0.987. The van der Waals surface area contributed by atoms with E-state index >= 15 is 0 Å². The quantitative estimate of drug-likeness (QED) is 0.188. The summed E-state index contributed by atoms with van der Waals surface area (Å²) in [7, 11) is 1.67. The topological polar surface area (TPSA) is 140 Å². The zero-order valence-corrected chi connectivity index (χ0v) is 26.5. The van der Waals surface area contributed by atoms with E-state index in [-0.39, 0.29) is 72.7 Å². The fraction of sp³-hybridized carbons (Fsp3) is 0.806. The number of esters is 1. The number of ketones is 1. The molecule has 2 amide bonds. The molecule has 4 rings (SSSR count). The van der Waals surface area contributed by atoms with Gasteiger partial charge in [-0.3, -0.25) is 9.69 Å². The average Bonchev–Trinajstić information content (AvgIpc) is 3.88. The largest absolute Gasteiger partial charge is 0.463 e. The van der Waals surface area contributed by atoms with E-state index in [0.717, 1.165) is 12.8 Å². The number of carbonyl (C=O) groups is 4. The van der Waals surface area contributed by atoms with Crippen LogP contribution in [0.2, 0.25) is 0 Å². The third-order valence-corrected chi connectivity index (χ3v) is 9.21. The number of piperazine rings is 1. The van der Waals surface area contributed by atoms with E-state index in [0.29, 0.717) is 45.8 Å². The van der Waals surface area contributed by atoms with Crippen LogP contribution in [0.15, 0.2) is 11.6 Å². The fourth-order valence-corrected chi connectivity index (χ4v) is 6.49. The molecule has 0 bridgehead atoms. The number of nitrogens with one attached hydrogen (secondary N) is 1. The molecule has 0 radical (unpaired) electrons. The second kappa shape index (κ2) is 14.0. The number of hydrogen-bond donors (Lipinski definition) is 1. The molecular weight excluding hydrogens is 558 g/mol. The minimum Gasteiger partial charge on any atom is -0.463 e. The Morgan fingerprint density at radius 2 is 1.79 bits per heavy atom. The number of amides is 2. The maximum Gasteiger partial charge on any atom is 0.410 e. The van der Waals surface area contributed by atoms with Crippen LogP contribution in [0.4, 0.5) is 4.79 Å². The van der Waals surface area contributed by atoms with Gasteiger partial charge in [0.1, 0.15) is 41.8 Å². The van der Waals surface area contributed by atoms with Crippen molar-refractivity contribution in [3.63, 3.8) is 0 Å². The third kappa shape index (κ3) is 8.34. The van der Waals surface area contributed by atoms with Gasteiger partial charge in [-0.2, -0.15) is 0 Å². The van der Waals surface area contributed by atoms with Gasteiger partial charge in [0.2, 0.25) is 5.91 Å². The Labute approximate surface area is 254 Å². The molecule has 1 spiro atoms. The Balaban J connectivity index is 1.20. The van der Waals surface area contributed by atoms with Gasteiger partial charge in [0.15, 0.2) is 0 Å². The monoisotopic (exact) mass is 607 g/mol. The van der Waals surface area contributed by atoms with Crippen molar-refractivity contribution in [1.82, 2.24) is 15.1 Å². The molecule has 0 aromatic carbocycles. The summed E-state index contributed by atoms with van der Waals surface area (Å²) in [6.45, 7) is 12.9. The number of nitrogens with zero attached hydrogens (tertiary/aromatic N) is 2. The van der Waals surface area contributed by atoms with Gasteiger partial charge in [-0.15, -0.1) is 0 Å². The van der Waals surface area contributed by atoms with Crippen LogP contribution in [0.1, 0.15) is 66.7 Å². The highest BCUT2D eigenvalue weighted by Crippen LogP contribution is 2.59. The van der Waals surface area contributed by atoms with Crippen molar-refractivity contribution < 1.29 is 42.9 Å². The van der Waals surface area contributed by atoms with E-state index in [9.17, 15) is 19.2 Å². The van der Waals surface area contributed by atoms with Crippen LogP contribution in [0, 0.1) is 5.92 Å². The Morgan fingerprint density at radius 1 is 1.09 bits per heavy atom. The van der Waals surface area contributed by atoms with Crippen molar-refractivity contribution in [2.45, 2.75) is 102 Å². The Hall–Kier alpha value is -2.54. The molecule has 3 saturated heterocycles. The van der Waals surface area contributed by atoms with Gasteiger partial charge in [-0.1, -0.05) is 11.6 Å². The minimum atomic E-state index is -0.792. The van der Waals surface area contributed by atoms with Crippen molar-refractivity contribution in [2.24, 2.45) is 5.92 Å². The molecule has 0 aromatic heterocycles. The van der Waals surface area contributed by atoms with Crippen LogP contribution in [0.5, 0.6) is 0 Å². The van der Waals surface area contributed by atoms with E-state index < -0.39 is 12.0 Å². The van der Waals surface area contributed by atoms with Crippen LogP contribution in [0.3, 0.4) is 0 Å². The SMILES string of the molecule is CO[C@H]1[C@H](C2(C)O[C@@H]2CC=C(C)C)[C@]2(CC[C@H]1OC(=O)N1CCN(CCOC(=O)[C@H](C)NC(=O)CCC(C)=O)CC1)CO2. The average molecular weight is 608 g/mol. The number of methoxy groups -OCH3 is 1. The molecule has 0 aromatic rings. The lowest BCUT2D eigenvalue weighted by Crippen LogP contribution is -2.57.